The van der Waals surface area contributed by atoms with Crippen molar-refractivity contribution in [2.75, 3.05) is 0 Å². The lowest BCUT2D eigenvalue weighted by Crippen LogP contribution is -2.08. The fourth-order valence-electron chi connectivity index (χ4n) is 1.96. The van der Waals surface area contributed by atoms with Crippen molar-refractivity contribution in [3.05, 3.63) is 56.0 Å². The first-order chi connectivity index (χ1) is 9.45. The van der Waals surface area contributed by atoms with Gasteiger partial charge in [-0.05, 0) is 23.6 Å². The molecule has 0 radical (unpaired) electrons. The van der Waals surface area contributed by atoms with E-state index in [2.05, 4.69) is 0 Å². The second-order valence-electron chi connectivity index (χ2n) is 4.48. The third kappa shape index (κ3) is 3.08. The minimum Gasteiger partial charge on any atom is -0.324 e. The molecule has 0 aliphatic rings. The van der Waals surface area contributed by atoms with E-state index in [-0.39, 0.29) is 6.04 Å². The van der Waals surface area contributed by atoms with Crippen LogP contribution in [0.3, 0.4) is 0 Å². The van der Waals surface area contributed by atoms with Gasteiger partial charge in [0.05, 0.1) is 20.1 Å². The zero-order chi connectivity index (χ0) is 14.9. The predicted octanol–water partition coefficient (Wildman–Crippen LogP) is 6.38. The molecule has 20 heavy (non-hydrogen) atoms. The Kier molecular flexibility index (Phi) is 5.22. The summed E-state index contributed by atoms with van der Waals surface area (Å²) in [5, 5.41) is 1.55. The maximum absolute atomic E-state index is 6.23. The lowest BCUT2D eigenvalue weighted by atomic mass is 10.00. The molecule has 0 saturated heterocycles. The molecule has 0 bridgehead atoms. The van der Waals surface area contributed by atoms with Crippen LogP contribution in [0.4, 0.5) is 0 Å². The van der Waals surface area contributed by atoms with Gasteiger partial charge in [0.25, 0.3) is 0 Å². The van der Waals surface area contributed by atoms with Gasteiger partial charge >= 0.3 is 0 Å². The summed E-state index contributed by atoms with van der Waals surface area (Å²) in [7, 11) is 0. The van der Waals surface area contributed by atoms with E-state index in [1.807, 2.05) is 31.2 Å². The highest BCUT2D eigenvalue weighted by Gasteiger charge is 2.16. The van der Waals surface area contributed by atoms with Crippen LogP contribution in [-0.2, 0) is 0 Å². The molecule has 2 aromatic rings. The molecule has 0 saturated carbocycles. The van der Waals surface area contributed by atoms with Crippen LogP contribution in [0.5, 0.6) is 0 Å². The molecule has 0 aliphatic carbocycles. The molecule has 0 amide bonds. The first kappa shape index (κ1) is 15.9. The van der Waals surface area contributed by atoms with E-state index in [0.29, 0.717) is 25.7 Å². The average molecular weight is 349 g/mol. The summed E-state index contributed by atoms with van der Waals surface area (Å²) in [4.78, 5) is 0. The van der Waals surface area contributed by atoms with Crippen molar-refractivity contribution in [2.45, 2.75) is 19.4 Å². The van der Waals surface area contributed by atoms with Crippen molar-refractivity contribution in [3.8, 4) is 11.1 Å². The maximum atomic E-state index is 6.23. The van der Waals surface area contributed by atoms with Gasteiger partial charge in [-0.3, -0.25) is 0 Å². The Hall–Kier alpha value is -0.440. The highest BCUT2D eigenvalue weighted by molar-refractivity contribution is 6.50. The zero-order valence-electron chi connectivity index (χ0n) is 10.8. The molecule has 1 nitrogen and oxygen atoms in total. The second kappa shape index (κ2) is 6.55. The van der Waals surface area contributed by atoms with Crippen molar-refractivity contribution in [2.24, 2.45) is 5.73 Å². The molecule has 1 unspecified atom stereocenters. The first-order valence-electron chi connectivity index (χ1n) is 6.14. The smallest absolute Gasteiger partial charge is 0.0686 e. The van der Waals surface area contributed by atoms with Gasteiger partial charge in [0.2, 0.25) is 0 Å². The van der Waals surface area contributed by atoms with E-state index in [1.54, 1.807) is 6.07 Å². The summed E-state index contributed by atoms with van der Waals surface area (Å²) in [6.45, 7) is 2.04. The third-order valence-electron chi connectivity index (χ3n) is 3.18. The Morgan fingerprint density at radius 1 is 0.950 bits per heavy atom. The Bertz CT molecular complexity index is 597. The highest BCUT2D eigenvalue weighted by Crippen LogP contribution is 2.43. The average Bonchev–Trinajstić information content (AvgIpc) is 2.45. The van der Waals surface area contributed by atoms with Gasteiger partial charge in [0.1, 0.15) is 0 Å². The molecule has 2 aromatic carbocycles. The van der Waals surface area contributed by atoms with Crippen LogP contribution in [0.25, 0.3) is 11.1 Å². The lowest BCUT2D eigenvalue weighted by molar-refractivity contribution is 0.699. The molecule has 0 fully saturated rings. The molecule has 1 atom stereocenters. The van der Waals surface area contributed by atoms with Crippen LogP contribution >= 0.6 is 46.4 Å². The summed E-state index contributed by atoms with van der Waals surface area (Å²) in [6, 6.07) is 9.34. The minimum absolute atomic E-state index is 0.0259. The fourth-order valence-corrected chi connectivity index (χ4v) is 2.99. The van der Waals surface area contributed by atoms with Gasteiger partial charge in [0, 0.05) is 11.6 Å². The number of hydrogen-bond acceptors (Lipinski definition) is 1. The Morgan fingerprint density at radius 3 is 1.90 bits per heavy atom. The van der Waals surface area contributed by atoms with Gasteiger partial charge < -0.3 is 5.73 Å². The van der Waals surface area contributed by atoms with E-state index in [1.165, 1.54) is 0 Å². The quantitative estimate of drug-likeness (QED) is 0.640. The topological polar surface area (TPSA) is 26.0 Å². The van der Waals surface area contributed by atoms with Gasteiger partial charge in [-0.2, -0.15) is 0 Å². The predicted molar refractivity (Wildman–Crippen MR) is 89.1 cm³/mol. The van der Waals surface area contributed by atoms with E-state index in [4.69, 9.17) is 52.1 Å². The number of hydrogen-bond donors (Lipinski definition) is 1. The Morgan fingerprint density at radius 2 is 1.45 bits per heavy atom. The number of benzene rings is 2. The van der Waals surface area contributed by atoms with Gasteiger partial charge in [-0.25, -0.2) is 0 Å². The number of nitrogens with two attached hydrogens (primary N) is 1. The van der Waals surface area contributed by atoms with Crippen LogP contribution in [0.2, 0.25) is 20.1 Å². The van der Waals surface area contributed by atoms with Gasteiger partial charge in [-0.1, -0.05) is 77.6 Å². The van der Waals surface area contributed by atoms with Crippen LogP contribution in [0.1, 0.15) is 24.9 Å². The summed E-state index contributed by atoms with van der Waals surface area (Å²) >= 11 is 24.6. The van der Waals surface area contributed by atoms with Crippen LogP contribution in [0, 0.1) is 0 Å². The van der Waals surface area contributed by atoms with Gasteiger partial charge in [0.15, 0.2) is 0 Å². The van der Waals surface area contributed by atoms with E-state index in [9.17, 15) is 0 Å². The van der Waals surface area contributed by atoms with Crippen molar-refractivity contribution in [3.63, 3.8) is 0 Å². The lowest BCUT2D eigenvalue weighted by Gasteiger charge is -2.13. The van der Waals surface area contributed by atoms with Crippen LogP contribution in [-0.4, -0.2) is 0 Å². The number of halogens is 4. The van der Waals surface area contributed by atoms with Crippen molar-refractivity contribution in [1.29, 1.82) is 0 Å². The first-order valence-corrected chi connectivity index (χ1v) is 7.65. The summed E-state index contributed by atoms with van der Waals surface area (Å²) in [5.41, 5.74) is 8.56. The Labute approximate surface area is 138 Å². The van der Waals surface area contributed by atoms with E-state index in [0.717, 1.165) is 17.5 Å². The molecule has 5 heteroatoms. The van der Waals surface area contributed by atoms with Crippen molar-refractivity contribution in [1.82, 2.24) is 0 Å². The maximum Gasteiger partial charge on any atom is 0.0686 e. The van der Waals surface area contributed by atoms with Crippen molar-refractivity contribution >= 4 is 46.4 Å². The van der Waals surface area contributed by atoms with Crippen LogP contribution in [0.15, 0.2) is 30.3 Å². The molecular formula is C15H13Cl4N. The highest BCUT2D eigenvalue weighted by atomic mass is 35.5. The SMILES string of the molecule is CCC(N)c1ccc(-c2c(Cl)c(Cl)cc(Cl)c2Cl)cc1. The molecule has 2 rings (SSSR count). The zero-order valence-corrected chi connectivity index (χ0v) is 13.8. The monoisotopic (exact) mass is 347 g/mol. The summed E-state index contributed by atoms with van der Waals surface area (Å²) in [6.07, 6.45) is 0.879. The largest absolute Gasteiger partial charge is 0.324 e. The van der Waals surface area contributed by atoms with Crippen molar-refractivity contribution < 1.29 is 0 Å². The summed E-state index contributed by atoms with van der Waals surface area (Å²) < 4.78 is 0. The van der Waals surface area contributed by atoms with Crippen LogP contribution < -0.4 is 5.73 Å². The van der Waals surface area contributed by atoms with E-state index >= 15 is 0 Å². The molecule has 0 spiro atoms. The summed E-state index contributed by atoms with van der Waals surface area (Å²) in [5.74, 6) is 0. The molecule has 106 valence electrons. The molecule has 0 aromatic heterocycles. The normalized spacial score (nSPS) is 12.5. The minimum atomic E-state index is 0.0259. The standard InChI is InChI=1S/C15H13Cl4N/c1-2-12(20)8-3-5-9(6-4-8)13-14(18)10(16)7-11(17)15(13)19/h3-7,12H,2,20H2,1H3. The molecular weight excluding hydrogens is 336 g/mol. The van der Waals surface area contributed by atoms with E-state index < -0.39 is 0 Å². The molecule has 2 N–H and O–H groups in total. The Balaban J connectivity index is 2.52. The second-order valence-corrected chi connectivity index (χ2v) is 6.05. The van der Waals surface area contributed by atoms with Gasteiger partial charge in [-0.15, -0.1) is 0 Å². The molecule has 0 heterocycles. The molecule has 0 aliphatic heterocycles. The number of rotatable bonds is 3. The third-order valence-corrected chi connectivity index (χ3v) is 4.75. The fraction of sp³-hybridized carbons (Fsp3) is 0.200.